The number of hydrogen-bond acceptors (Lipinski definition) is 2. The van der Waals surface area contributed by atoms with E-state index < -0.39 is 0 Å². The fraction of sp³-hybridized carbons (Fsp3) is 0.417. The molecule has 0 radical (unpaired) electrons. The van der Waals surface area contributed by atoms with E-state index in [1.165, 1.54) is 0 Å². The third-order valence-corrected chi connectivity index (χ3v) is 3.24. The summed E-state index contributed by atoms with van der Waals surface area (Å²) in [5.74, 6) is 0.623. The number of benzene rings is 1. The zero-order chi connectivity index (χ0) is 12.4. The van der Waals surface area contributed by atoms with Gasteiger partial charge in [0.25, 0.3) is 0 Å². The molecule has 0 aliphatic carbocycles. The van der Waals surface area contributed by atoms with Crippen LogP contribution in [0.1, 0.15) is 12.0 Å². The number of hydrogen-bond donors (Lipinski definition) is 1. The van der Waals surface area contributed by atoms with Crippen LogP contribution in [0.25, 0.3) is 0 Å². The van der Waals surface area contributed by atoms with Crippen LogP contribution in [0.3, 0.4) is 0 Å². The molecule has 1 saturated heterocycles. The molecule has 0 atom stereocenters. The molecule has 0 saturated carbocycles. The maximum atomic E-state index is 11.8. The van der Waals surface area contributed by atoms with E-state index in [0.717, 1.165) is 24.2 Å². The van der Waals surface area contributed by atoms with E-state index in [1.807, 2.05) is 13.0 Å². The van der Waals surface area contributed by atoms with E-state index in [2.05, 4.69) is 5.32 Å². The van der Waals surface area contributed by atoms with Gasteiger partial charge in [0.15, 0.2) is 0 Å². The van der Waals surface area contributed by atoms with E-state index >= 15 is 0 Å². The van der Waals surface area contributed by atoms with Gasteiger partial charge < -0.3 is 10.1 Å². The van der Waals surface area contributed by atoms with Crippen molar-refractivity contribution in [1.29, 1.82) is 0 Å². The SMILES string of the molecule is COc1cc(Cl)c(C)cc1N1CCCNC1=O. The number of carbonyl (C=O) groups is 1. The van der Waals surface area contributed by atoms with Crippen LogP contribution in [0.5, 0.6) is 5.75 Å². The van der Waals surface area contributed by atoms with Crippen LogP contribution in [-0.4, -0.2) is 26.2 Å². The van der Waals surface area contributed by atoms with Crippen molar-refractivity contribution in [3.63, 3.8) is 0 Å². The summed E-state index contributed by atoms with van der Waals surface area (Å²) in [6.07, 6.45) is 0.927. The largest absolute Gasteiger partial charge is 0.495 e. The van der Waals surface area contributed by atoms with Gasteiger partial charge in [-0.15, -0.1) is 0 Å². The third kappa shape index (κ3) is 2.31. The predicted molar refractivity (Wildman–Crippen MR) is 68.1 cm³/mol. The second-order valence-electron chi connectivity index (χ2n) is 4.01. The monoisotopic (exact) mass is 254 g/mol. The zero-order valence-electron chi connectivity index (χ0n) is 9.92. The number of amides is 2. The minimum Gasteiger partial charge on any atom is -0.495 e. The van der Waals surface area contributed by atoms with Crippen LogP contribution in [0.2, 0.25) is 5.02 Å². The van der Waals surface area contributed by atoms with Gasteiger partial charge in [-0.2, -0.15) is 0 Å². The molecule has 5 heteroatoms. The summed E-state index contributed by atoms with van der Waals surface area (Å²) >= 11 is 6.04. The van der Waals surface area contributed by atoms with E-state index in [1.54, 1.807) is 18.1 Å². The minimum absolute atomic E-state index is 0.0868. The Balaban J connectivity index is 2.42. The molecular weight excluding hydrogens is 240 g/mol. The number of halogens is 1. The smallest absolute Gasteiger partial charge is 0.321 e. The molecular formula is C12H15ClN2O2. The summed E-state index contributed by atoms with van der Waals surface area (Å²) < 4.78 is 5.28. The van der Waals surface area contributed by atoms with Crippen LogP contribution in [-0.2, 0) is 0 Å². The number of rotatable bonds is 2. The Morgan fingerprint density at radius 1 is 1.47 bits per heavy atom. The Bertz CT molecular complexity index is 448. The Morgan fingerprint density at radius 2 is 2.24 bits per heavy atom. The lowest BCUT2D eigenvalue weighted by molar-refractivity contribution is 0.242. The Hall–Kier alpha value is -1.42. The number of urea groups is 1. The maximum absolute atomic E-state index is 11.8. The summed E-state index contributed by atoms with van der Waals surface area (Å²) in [6.45, 7) is 3.33. The average Bonchev–Trinajstić information content (AvgIpc) is 2.33. The lowest BCUT2D eigenvalue weighted by Gasteiger charge is -2.29. The minimum atomic E-state index is -0.0868. The van der Waals surface area contributed by atoms with Crippen molar-refractivity contribution < 1.29 is 9.53 Å². The Labute approximate surface area is 106 Å². The second kappa shape index (κ2) is 4.84. The van der Waals surface area contributed by atoms with Crippen LogP contribution < -0.4 is 15.0 Å². The highest BCUT2D eigenvalue weighted by molar-refractivity contribution is 6.31. The molecule has 1 aromatic rings. The van der Waals surface area contributed by atoms with Gasteiger partial charge in [-0.25, -0.2) is 4.79 Å². The summed E-state index contributed by atoms with van der Waals surface area (Å²) in [5.41, 5.74) is 1.70. The Morgan fingerprint density at radius 3 is 2.88 bits per heavy atom. The fourth-order valence-corrected chi connectivity index (χ4v) is 2.04. The van der Waals surface area contributed by atoms with Crippen LogP contribution in [0.15, 0.2) is 12.1 Å². The van der Waals surface area contributed by atoms with Crippen molar-refractivity contribution in [2.45, 2.75) is 13.3 Å². The first-order valence-corrected chi connectivity index (χ1v) is 5.91. The van der Waals surface area contributed by atoms with Crippen molar-refractivity contribution in [1.82, 2.24) is 5.32 Å². The van der Waals surface area contributed by atoms with Crippen molar-refractivity contribution in [2.24, 2.45) is 0 Å². The van der Waals surface area contributed by atoms with Crippen LogP contribution >= 0.6 is 11.6 Å². The lowest BCUT2D eigenvalue weighted by Crippen LogP contribution is -2.46. The molecule has 2 amide bonds. The predicted octanol–water partition coefficient (Wildman–Crippen LogP) is 2.58. The molecule has 4 nitrogen and oxygen atoms in total. The van der Waals surface area contributed by atoms with Crippen LogP contribution in [0, 0.1) is 6.92 Å². The molecule has 1 aromatic carbocycles. The van der Waals surface area contributed by atoms with Crippen molar-refractivity contribution in [2.75, 3.05) is 25.1 Å². The molecule has 1 aliphatic rings. The number of ether oxygens (including phenoxy) is 1. The molecule has 1 fully saturated rings. The normalized spacial score (nSPS) is 15.7. The van der Waals surface area contributed by atoms with Crippen molar-refractivity contribution in [3.8, 4) is 5.75 Å². The number of anilines is 1. The van der Waals surface area contributed by atoms with Crippen molar-refractivity contribution >= 4 is 23.3 Å². The van der Waals surface area contributed by atoms with Crippen molar-refractivity contribution in [3.05, 3.63) is 22.7 Å². The van der Waals surface area contributed by atoms with Gasteiger partial charge in [-0.05, 0) is 25.0 Å². The van der Waals surface area contributed by atoms with E-state index in [-0.39, 0.29) is 6.03 Å². The topological polar surface area (TPSA) is 41.6 Å². The first-order valence-electron chi connectivity index (χ1n) is 5.53. The maximum Gasteiger partial charge on any atom is 0.321 e. The van der Waals surface area contributed by atoms with Gasteiger partial charge in [0, 0.05) is 24.2 Å². The lowest BCUT2D eigenvalue weighted by atomic mass is 10.1. The molecule has 0 bridgehead atoms. The Kier molecular flexibility index (Phi) is 3.43. The van der Waals surface area contributed by atoms with E-state index in [0.29, 0.717) is 17.3 Å². The number of nitrogens with one attached hydrogen (secondary N) is 1. The van der Waals surface area contributed by atoms with Gasteiger partial charge in [0.05, 0.1) is 12.8 Å². The molecule has 1 N–H and O–H groups in total. The molecule has 0 spiro atoms. The number of methoxy groups -OCH3 is 1. The third-order valence-electron chi connectivity index (χ3n) is 2.83. The molecule has 0 unspecified atom stereocenters. The molecule has 17 heavy (non-hydrogen) atoms. The first-order chi connectivity index (χ1) is 8.13. The molecule has 92 valence electrons. The highest BCUT2D eigenvalue weighted by Crippen LogP contribution is 2.34. The fourth-order valence-electron chi connectivity index (χ4n) is 1.88. The van der Waals surface area contributed by atoms with E-state index in [9.17, 15) is 4.79 Å². The highest BCUT2D eigenvalue weighted by atomic mass is 35.5. The molecule has 1 aliphatic heterocycles. The van der Waals surface area contributed by atoms with Gasteiger partial charge in [-0.1, -0.05) is 11.6 Å². The van der Waals surface area contributed by atoms with Gasteiger partial charge in [0.2, 0.25) is 0 Å². The highest BCUT2D eigenvalue weighted by Gasteiger charge is 2.22. The number of aryl methyl sites for hydroxylation is 1. The van der Waals surface area contributed by atoms with Crippen LogP contribution in [0.4, 0.5) is 10.5 Å². The summed E-state index contributed by atoms with van der Waals surface area (Å²) in [4.78, 5) is 13.5. The van der Waals surface area contributed by atoms with Gasteiger partial charge in [-0.3, -0.25) is 4.90 Å². The van der Waals surface area contributed by atoms with Gasteiger partial charge in [0.1, 0.15) is 5.75 Å². The number of nitrogens with zero attached hydrogens (tertiary/aromatic N) is 1. The van der Waals surface area contributed by atoms with Gasteiger partial charge >= 0.3 is 6.03 Å². The average molecular weight is 255 g/mol. The van der Waals surface area contributed by atoms with E-state index in [4.69, 9.17) is 16.3 Å². The zero-order valence-corrected chi connectivity index (χ0v) is 10.7. The summed E-state index contributed by atoms with van der Waals surface area (Å²) in [6, 6.07) is 3.54. The summed E-state index contributed by atoms with van der Waals surface area (Å²) in [5, 5.41) is 3.46. The standard InChI is InChI=1S/C12H15ClN2O2/c1-8-6-10(11(17-2)7-9(8)13)15-5-3-4-14-12(15)16/h6-7H,3-5H2,1-2H3,(H,14,16). The summed E-state index contributed by atoms with van der Waals surface area (Å²) in [7, 11) is 1.58. The first kappa shape index (κ1) is 12.0. The second-order valence-corrected chi connectivity index (χ2v) is 4.42. The molecule has 2 rings (SSSR count). The molecule has 1 heterocycles. The quantitative estimate of drug-likeness (QED) is 0.881. The molecule has 0 aromatic heterocycles. The number of carbonyl (C=O) groups excluding carboxylic acids is 1.